The Balaban J connectivity index is 1.35. The minimum atomic E-state index is -0.665. The topological polar surface area (TPSA) is 126 Å². The van der Waals surface area contributed by atoms with E-state index in [0.717, 1.165) is 31.2 Å². The van der Waals surface area contributed by atoms with Gasteiger partial charge in [-0.2, -0.15) is 19.6 Å². The quantitative estimate of drug-likeness (QED) is 0.332. The number of anilines is 3. The molecule has 2 aliphatic rings. The maximum atomic E-state index is 15.6. The van der Waals surface area contributed by atoms with Gasteiger partial charge in [0.15, 0.2) is 11.5 Å². The number of hydrogen-bond donors (Lipinski definition) is 3. The molecular formula is C29H37FN8O3. The number of amides is 2. The van der Waals surface area contributed by atoms with E-state index < -0.39 is 17.8 Å². The fourth-order valence-corrected chi connectivity index (χ4v) is 5.29. The van der Waals surface area contributed by atoms with Gasteiger partial charge in [0.2, 0.25) is 23.7 Å². The first-order valence-electron chi connectivity index (χ1n) is 14.2. The van der Waals surface area contributed by atoms with Gasteiger partial charge in [0.25, 0.3) is 0 Å². The maximum absolute atomic E-state index is 15.6. The molecule has 1 unspecified atom stereocenters. The standard InChI is InChI=1S/C29H37FN8O3/c1-4-24(39)37-13-6-5-10-23(37)27(40)34-22-9-7-8-19(25(22)30)16-31-29-36-28(33-20-11-14-41-15-12-20)35-26-21(18(2)3)17-32-38(26)29/h4,7-9,17-18,20,23H,1,5-6,10-16H2,2-3H3,(H,34,40)(H2,31,33,35,36). The van der Waals surface area contributed by atoms with Crippen molar-refractivity contribution in [2.24, 2.45) is 0 Å². The molecule has 4 heterocycles. The molecule has 3 aromatic rings. The number of halogens is 1. The van der Waals surface area contributed by atoms with Crippen LogP contribution in [0.5, 0.6) is 0 Å². The Kier molecular flexibility index (Phi) is 8.77. The van der Waals surface area contributed by atoms with E-state index in [1.807, 2.05) is 0 Å². The zero-order valence-corrected chi connectivity index (χ0v) is 23.5. The zero-order chi connectivity index (χ0) is 28.9. The van der Waals surface area contributed by atoms with Gasteiger partial charge in [0.05, 0.1) is 11.9 Å². The van der Waals surface area contributed by atoms with Crippen molar-refractivity contribution in [1.82, 2.24) is 24.5 Å². The fourth-order valence-electron chi connectivity index (χ4n) is 5.29. The van der Waals surface area contributed by atoms with E-state index in [9.17, 15) is 9.59 Å². The zero-order valence-electron chi connectivity index (χ0n) is 23.5. The van der Waals surface area contributed by atoms with Crippen LogP contribution in [0.2, 0.25) is 0 Å². The molecule has 218 valence electrons. The van der Waals surface area contributed by atoms with Gasteiger partial charge in [0.1, 0.15) is 6.04 Å². The van der Waals surface area contributed by atoms with Gasteiger partial charge in [-0.15, -0.1) is 0 Å². The number of nitrogens with one attached hydrogen (secondary N) is 3. The predicted octanol–water partition coefficient (Wildman–Crippen LogP) is 4.10. The fraction of sp³-hybridized carbons (Fsp3) is 0.483. The molecule has 2 aliphatic heterocycles. The van der Waals surface area contributed by atoms with Gasteiger partial charge in [-0.3, -0.25) is 9.59 Å². The number of fused-ring (bicyclic) bond motifs is 1. The van der Waals surface area contributed by atoms with Crippen LogP contribution in [0.25, 0.3) is 5.65 Å². The first kappa shape index (κ1) is 28.5. The van der Waals surface area contributed by atoms with Gasteiger partial charge >= 0.3 is 0 Å². The van der Waals surface area contributed by atoms with Crippen LogP contribution in [0, 0.1) is 5.82 Å². The Labute approximate surface area is 238 Å². The Hall–Kier alpha value is -4.06. The predicted molar refractivity (Wildman–Crippen MR) is 154 cm³/mol. The Morgan fingerprint density at radius 2 is 2.00 bits per heavy atom. The van der Waals surface area contributed by atoms with Crippen LogP contribution in [-0.4, -0.2) is 68.1 Å². The number of piperidine rings is 1. The molecule has 1 aromatic carbocycles. The molecular weight excluding hydrogens is 527 g/mol. The number of carbonyl (C=O) groups excluding carboxylic acids is 2. The molecule has 2 saturated heterocycles. The SMILES string of the molecule is C=CC(=O)N1CCCCC1C(=O)Nc1cccc(CNc2nc(NC3CCOCC3)nc3c(C(C)C)cnn23)c1F. The summed E-state index contributed by atoms with van der Waals surface area (Å²) >= 11 is 0. The summed E-state index contributed by atoms with van der Waals surface area (Å²) in [5.41, 5.74) is 2.06. The smallest absolute Gasteiger partial charge is 0.247 e. The van der Waals surface area contributed by atoms with E-state index in [-0.39, 0.29) is 30.1 Å². The first-order valence-corrected chi connectivity index (χ1v) is 14.2. The molecule has 2 aromatic heterocycles. The Bertz CT molecular complexity index is 1420. The summed E-state index contributed by atoms with van der Waals surface area (Å²) in [7, 11) is 0. The summed E-state index contributed by atoms with van der Waals surface area (Å²) in [5.74, 6) is -0.175. The second kappa shape index (κ2) is 12.6. The molecule has 2 fully saturated rings. The number of aromatic nitrogens is 4. The van der Waals surface area contributed by atoms with Gasteiger partial charge < -0.3 is 25.6 Å². The minimum Gasteiger partial charge on any atom is -0.381 e. The van der Waals surface area contributed by atoms with Gasteiger partial charge in [-0.05, 0) is 50.2 Å². The Morgan fingerprint density at radius 1 is 1.20 bits per heavy atom. The lowest BCUT2D eigenvalue weighted by molar-refractivity contribution is -0.136. The third-order valence-corrected chi connectivity index (χ3v) is 7.61. The van der Waals surface area contributed by atoms with E-state index in [1.54, 1.807) is 22.8 Å². The average Bonchev–Trinajstić information content (AvgIpc) is 3.42. The summed E-state index contributed by atoms with van der Waals surface area (Å²) in [6, 6.07) is 4.38. The number of likely N-dealkylation sites (tertiary alicyclic amines) is 1. The van der Waals surface area contributed by atoms with E-state index in [0.29, 0.717) is 49.3 Å². The minimum absolute atomic E-state index is 0.0572. The summed E-state index contributed by atoms with van der Waals surface area (Å²) in [6.45, 7) is 9.63. The summed E-state index contributed by atoms with van der Waals surface area (Å²) in [5, 5.41) is 13.8. The van der Waals surface area contributed by atoms with Gasteiger partial charge in [-0.1, -0.05) is 32.6 Å². The van der Waals surface area contributed by atoms with E-state index in [1.165, 1.54) is 17.0 Å². The number of hydrogen-bond acceptors (Lipinski definition) is 8. The van der Waals surface area contributed by atoms with Crippen LogP contribution >= 0.6 is 0 Å². The number of rotatable bonds is 9. The van der Waals surface area contributed by atoms with Crippen LogP contribution in [0.4, 0.5) is 22.0 Å². The Morgan fingerprint density at radius 3 is 2.76 bits per heavy atom. The van der Waals surface area contributed by atoms with Crippen LogP contribution in [-0.2, 0) is 20.9 Å². The molecule has 11 nitrogen and oxygen atoms in total. The molecule has 41 heavy (non-hydrogen) atoms. The summed E-state index contributed by atoms with van der Waals surface area (Å²) in [6.07, 6.45) is 6.85. The maximum Gasteiger partial charge on any atom is 0.247 e. The molecule has 1 atom stereocenters. The van der Waals surface area contributed by atoms with Crippen molar-refractivity contribution >= 4 is 35.0 Å². The lowest BCUT2D eigenvalue weighted by Crippen LogP contribution is -2.49. The summed E-state index contributed by atoms with van der Waals surface area (Å²) < 4.78 is 22.7. The van der Waals surface area contributed by atoms with Crippen molar-refractivity contribution in [2.45, 2.75) is 70.5 Å². The van der Waals surface area contributed by atoms with E-state index >= 15 is 4.39 Å². The summed E-state index contributed by atoms with van der Waals surface area (Å²) in [4.78, 5) is 36.2. The van der Waals surface area contributed by atoms with Gasteiger partial charge in [-0.25, -0.2) is 4.39 Å². The molecule has 5 rings (SSSR count). The second-order valence-corrected chi connectivity index (χ2v) is 10.8. The van der Waals surface area contributed by atoms with E-state index in [2.05, 4.69) is 46.5 Å². The highest BCUT2D eigenvalue weighted by Gasteiger charge is 2.31. The third kappa shape index (κ3) is 6.32. The second-order valence-electron chi connectivity index (χ2n) is 10.8. The van der Waals surface area contributed by atoms with Crippen LogP contribution in [0.3, 0.4) is 0 Å². The average molecular weight is 565 g/mol. The molecule has 12 heteroatoms. The molecule has 0 radical (unpaired) electrons. The van der Waals surface area contributed by atoms with Crippen molar-refractivity contribution < 1.29 is 18.7 Å². The largest absolute Gasteiger partial charge is 0.381 e. The van der Waals surface area contributed by atoms with Crippen molar-refractivity contribution in [2.75, 3.05) is 35.7 Å². The van der Waals surface area contributed by atoms with Crippen molar-refractivity contribution in [3.63, 3.8) is 0 Å². The van der Waals surface area contributed by atoms with Gasteiger partial charge in [0, 0.05) is 43.5 Å². The molecule has 0 spiro atoms. The lowest BCUT2D eigenvalue weighted by atomic mass is 10.0. The number of ether oxygens (including phenoxy) is 1. The van der Waals surface area contributed by atoms with Crippen molar-refractivity contribution in [3.8, 4) is 0 Å². The first-order chi connectivity index (χ1) is 19.9. The highest BCUT2D eigenvalue weighted by molar-refractivity contribution is 5.99. The van der Waals surface area contributed by atoms with Crippen molar-refractivity contribution in [1.29, 1.82) is 0 Å². The number of nitrogens with zero attached hydrogens (tertiary/aromatic N) is 5. The number of benzene rings is 1. The van der Waals surface area contributed by atoms with Crippen LogP contribution in [0.15, 0.2) is 37.1 Å². The highest BCUT2D eigenvalue weighted by Crippen LogP contribution is 2.25. The molecule has 0 saturated carbocycles. The van der Waals surface area contributed by atoms with E-state index in [4.69, 9.17) is 9.72 Å². The molecule has 0 bridgehead atoms. The highest BCUT2D eigenvalue weighted by atomic mass is 19.1. The number of carbonyl (C=O) groups is 2. The molecule has 2 amide bonds. The molecule has 3 N–H and O–H groups in total. The van der Waals surface area contributed by atoms with Crippen LogP contribution < -0.4 is 16.0 Å². The molecule has 0 aliphatic carbocycles. The van der Waals surface area contributed by atoms with Crippen molar-refractivity contribution in [3.05, 3.63) is 54.0 Å². The normalized spacial score (nSPS) is 18.0. The third-order valence-electron chi connectivity index (χ3n) is 7.61. The van der Waals surface area contributed by atoms with Crippen LogP contribution in [0.1, 0.15) is 63.0 Å². The monoisotopic (exact) mass is 564 g/mol. The lowest BCUT2D eigenvalue weighted by Gasteiger charge is -2.34.